The molecule has 0 bridgehead atoms. The molecule has 0 radical (unpaired) electrons. The molecule has 24 heavy (non-hydrogen) atoms. The molecule has 1 aliphatic rings. The fourth-order valence-electron chi connectivity index (χ4n) is 1.72. The van der Waals surface area contributed by atoms with Gasteiger partial charge in [-0.3, -0.25) is 10.1 Å². The first-order chi connectivity index (χ1) is 11.4. The van der Waals surface area contributed by atoms with E-state index in [1.54, 1.807) is 13.0 Å². The molecule has 1 amide bonds. The largest absolute Gasteiger partial charge is 0.493 e. The van der Waals surface area contributed by atoms with Gasteiger partial charge in [-0.2, -0.15) is 0 Å². The van der Waals surface area contributed by atoms with E-state index in [2.05, 4.69) is 20.8 Å². The van der Waals surface area contributed by atoms with Crippen LogP contribution in [0.5, 0.6) is 0 Å². The predicted octanol–water partition coefficient (Wildman–Crippen LogP) is 0.491. The molecule has 0 aliphatic carbocycles. The summed E-state index contributed by atoms with van der Waals surface area (Å²) in [4.78, 5) is 12.1. The summed E-state index contributed by atoms with van der Waals surface area (Å²) < 4.78 is 9.92. The van der Waals surface area contributed by atoms with Gasteiger partial charge in [0.05, 0.1) is 12.8 Å². The van der Waals surface area contributed by atoms with Crippen LogP contribution in [-0.2, 0) is 14.3 Å². The maximum absolute atomic E-state index is 12.1. The van der Waals surface area contributed by atoms with E-state index >= 15 is 0 Å². The van der Waals surface area contributed by atoms with Crippen molar-refractivity contribution in [1.29, 1.82) is 5.41 Å². The number of carbonyl (C=O) groups excluding carboxylic acids is 1. The van der Waals surface area contributed by atoms with Crippen LogP contribution in [0.4, 0.5) is 10.3 Å². The Morgan fingerprint density at radius 1 is 1.50 bits per heavy atom. The molecule has 1 aliphatic heterocycles. The number of anilines is 2. The van der Waals surface area contributed by atoms with Crippen LogP contribution in [0.25, 0.3) is 0 Å². The number of rotatable bonds is 6. The summed E-state index contributed by atoms with van der Waals surface area (Å²) in [7, 11) is 1.33. The van der Waals surface area contributed by atoms with Gasteiger partial charge in [-0.1, -0.05) is 11.3 Å². The maximum Gasteiger partial charge on any atom is 0.292 e. The highest BCUT2D eigenvalue weighted by Crippen LogP contribution is 2.24. The van der Waals surface area contributed by atoms with Gasteiger partial charge in [0.2, 0.25) is 10.3 Å². The van der Waals surface area contributed by atoms with Crippen molar-refractivity contribution in [3.8, 4) is 0 Å². The van der Waals surface area contributed by atoms with E-state index < -0.39 is 12.2 Å². The van der Waals surface area contributed by atoms with E-state index in [9.17, 15) is 9.90 Å². The van der Waals surface area contributed by atoms with E-state index in [1.165, 1.54) is 13.2 Å². The molecule has 0 aromatic carbocycles. The number of methoxy groups -OCH3 is 1. The molecule has 128 valence electrons. The lowest BCUT2D eigenvalue weighted by atomic mass is 10.2. The zero-order valence-corrected chi connectivity index (χ0v) is 13.7. The second-order valence-corrected chi connectivity index (χ2v) is 5.49. The highest BCUT2D eigenvalue weighted by Gasteiger charge is 2.27. The van der Waals surface area contributed by atoms with Gasteiger partial charge in [0, 0.05) is 18.0 Å². The second-order valence-electron chi connectivity index (χ2n) is 4.51. The first-order valence-electron chi connectivity index (χ1n) is 6.64. The van der Waals surface area contributed by atoms with Gasteiger partial charge in [0.1, 0.15) is 0 Å². The number of hydrogen-bond donors (Lipinski definition) is 5. The highest BCUT2D eigenvalue weighted by atomic mass is 32.1. The Labute approximate surface area is 141 Å². The number of amides is 1. The number of nitrogens with one attached hydrogen (secondary N) is 3. The second kappa shape index (κ2) is 7.57. The first-order valence-corrected chi connectivity index (χ1v) is 7.45. The van der Waals surface area contributed by atoms with Crippen molar-refractivity contribution in [2.75, 3.05) is 17.7 Å². The monoisotopic (exact) mass is 352 g/mol. The van der Waals surface area contributed by atoms with E-state index in [0.717, 1.165) is 17.6 Å². The average Bonchev–Trinajstić information content (AvgIpc) is 2.94. The van der Waals surface area contributed by atoms with Crippen LogP contribution in [0.1, 0.15) is 6.92 Å². The van der Waals surface area contributed by atoms with Gasteiger partial charge in [-0.05, 0) is 13.0 Å². The van der Waals surface area contributed by atoms with Crippen molar-refractivity contribution in [2.24, 2.45) is 5.73 Å². The molecule has 1 aromatic heterocycles. The molecule has 0 fully saturated rings. The number of aliphatic hydroxyl groups is 1. The summed E-state index contributed by atoms with van der Waals surface area (Å²) in [5.41, 5.74) is 6.48. The number of nitrogens with two attached hydrogens (primary N) is 1. The van der Waals surface area contributed by atoms with Gasteiger partial charge < -0.3 is 31.0 Å². The van der Waals surface area contributed by atoms with Crippen LogP contribution >= 0.6 is 11.3 Å². The van der Waals surface area contributed by atoms with Crippen molar-refractivity contribution in [2.45, 2.75) is 13.2 Å². The van der Waals surface area contributed by atoms with Crippen LogP contribution in [0, 0.1) is 5.41 Å². The van der Waals surface area contributed by atoms with Gasteiger partial charge in [0.15, 0.2) is 11.5 Å². The lowest BCUT2D eigenvalue weighted by Gasteiger charge is -2.22. The Kier molecular flexibility index (Phi) is 5.50. The lowest BCUT2D eigenvalue weighted by molar-refractivity contribution is -0.124. The van der Waals surface area contributed by atoms with Crippen molar-refractivity contribution in [3.63, 3.8) is 0 Å². The van der Waals surface area contributed by atoms with Crippen LogP contribution in [0.3, 0.4) is 0 Å². The van der Waals surface area contributed by atoms with Crippen molar-refractivity contribution >= 4 is 33.7 Å². The SMILES string of the molecule is COC1=C(N)C=C(C(=O)Nc2nnc(N/C(C)=C\C=N)s2)OC1O. The minimum Gasteiger partial charge on any atom is -0.493 e. The van der Waals surface area contributed by atoms with E-state index in [1.807, 2.05) is 0 Å². The molecule has 0 spiro atoms. The third kappa shape index (κ3) is 4.08. The summed E-state index contributed by atoms with van der Waals surface area (Å²) in [5, 5.41) is 30.4. The fraction of sp³-hybridized carbons (Fsp3) is 0.231. The van der Waals surface area contributed by atoms with Crippen LogP contribution < -0.4 is 16.4 Å². The minimum absolute atomic E-state index is 0.0300. The normalized spacial score (nSPS) is 17.7. The maximum atomic E-state index is 12.1. The Hall–Kier alpha value is -2.92. The molecule has 2 heterocycles. The fourth-order valence-corrected chi connectivity index (χ4v) is 2.42. The molecule has 11 heteroatoms. The van der Waals surface area contributed by atoms with Gasteiger partial charge in [-0.15, -0.1) is 10.2 Å². The summed E-state index contributed by atoms with van der Waals surface area (Å²) in [6, 6.07) is 0. The molecule has 2 rings (SSSR count). The summed E-state index contributed by atoms with van der Waals surface area (Å²) >= 11 is 1.09. The minimum atomic E-state index is -1.46. The molecular formula is C13H16N6O4S. The number of aromatic nitrogens is 2. The standard InChI is InChI=1S/C13H16N6O4S/c1-6(3-4-14)16-12-18-19-13(24-12)17-10(20)8-5-7(15)9(22-2)11(21)23-8/h3-5,11,14,21H,15H2,1-2H3,(H,16,18)(H,17,19,20)/b6-3-,14-4?. The lowest BCUT2D eigenvalue weighted by Crippen LogP contribution is -2.29. The number of carbonyl (C=O) groups is 1. The zero-order valence-electron chi connectivity index (χ0n) is 12.9. The smallest absolute Gasteiger partial charge is 0.292 e. The van der Waals surface area contributed by atoms with Crippen molar-refractivity contribution < 1.29 is 19.4 Å². The Balaban J connectivity index is 2.06. The van der Waals surface area contributed by atoms with Gasteiger partial charge in [-0.25, -0.2) is 0 Å². The van der Waals surface area contributed by atoms with Crippen molar-refractivity contribution in [3.05, 3.63) is 35.1 Å². The molecule has 1 unspecified atom stereocenters. The molecule has 0 saturated heterocycles. The number of ether oxygens (including phenoxy) is 2. The molecule has 1 atom stereocenters. The zero-order chi connectivity index (χ0) is 17.7. The number of allylic oxidation sites excluding steroid dienone is 3. The van der Waals surface area contributed by atoms with E-state index in [4.69, 9.17) is 20.6 Å². The molecule has 10 nitrogen and oxygen atoms in total. The molecular weight excluding hydrogens is 336 g/mol. The molecule has 6 N–H and O–H groups in total. The predicted molar refractivity (Wildman–Crippen MR) is 88.1 cm³/mol. The highest BCUT2D eigenvalue weighted by molar-refractivity contribution is 7.19. The van der Waals surface area contributed by atoms with Crippen LogP contribution in [0.15, 0.2) is 35.1 Å². The quantitative estimate of drug-likeness (QED) is 0.463. The summed E-state index contributed by atoms with van der Waals surface area (Å²) in [6.07, 6.45) is 2.47. The Morgan fingerprint density at radius 3 is 2.75 bits per heavy atom. The Bertz CT molecular complexity index is 739. The van der Waals surface area contributed by atoms with Crippen molar-refractivity contribution in [1.82, 2.24) is 10.2 Å². The van der Waals surface area contributed by atoms with Gasteiger partial charge >= 0.3 is 0 Å². The molecule has 1 aromatic rings. The third-order valence-corrected chi connectivity index (χ3v) is 3.51. The Morgan fingerprint density at radius 2 is 2.17 bits per heavy atom. The number of hydrogen-bond acceptors (Lipinski definition) is 10. The van der Waals surface area contributed by atoms with Gasteiger partial charge in [0.25, 0.3) is 12.2 Å². The van der Waals surface area contributed by atoms with Crippen LogP contribution in [0.2, 0.25) is 0 Å². The number of aliphatic hydroxyl groups excluding tert-OH is 1. The first kappa shape index (κ1) is 17.4. The van der Waals surface area contributed by atoms with Crippen LogP contribution in [-0.4, -0.2) is 40.8 Å². The van der Waals surface area contributed by atoms with E-state index in [0.29, 0.717) is 10.8 Å². The van der Waals surface area contributed by atoms with E-state index in [-0.39, 0.29) is 22.3 Å². The number of nitrogens with zero attached hydrogens (tertiary/aromatic N) is 2. The average molecular weight is 352 g/mol. The molecule has 0 saturated carbocycles. The third-order valence-electron chi connectivity index (χ3n) is 2.76. The summed E-state index contributed by atoms with van der Waals surface area (Å²) in [5.74, 6) is -0.783. The summed E-state index contributed by atoms with van der Waals surface area (Å²) in [6.45, 7) is 1.76. The topological polar surface area (TPSA) is 155 Å².